The molecule has 90 valence electrons. The van der Waals surface area contributed by atoms with E-state index in [1.807, 2.05) is 0 Å². The van der Waals surface area contributed by atoms with Crippen LogP contribution in [0.15, 0.2) is 17.0 Å². The molecule has 0 aliphatic rings. The van der Waals surface area contributed by atoms with Crippen molar-refractivity contribution in [1.82, 2.24) is 0 Å². The van der Waals surface area contributed by atoms with Gasteiger partial charge in [0.1, 0.15) is 11.5 Å². The standard InChI is InChI=1S/C9H8F3IO2S/c1-14-5-3-4-6(15-2)8(7(5)13)16-9(10,11)12/h3-4H,1-2H3. The summed E-state index contributed by atoms with van der Waals surface area (Å²) < 4.78 is 47.2. The first-order valence-corrected chi connectivity index (χ1v) is 5.94. The van der Waals surface area contributed by atoms with Crippen LogP contribution in [0.2, 0.25) is 0 Å². The predicted molar refractivity (Wildman–Crippen MR) is 64.2 cm³/mol. The van der Waals surface area contributed by atoms with Gasteiger partial charge in [0, 0.05) is 0 Å². The maximum Gasteiger partial charge on any atom is 0.446 e. The molecule has 0 N–H and O–H groups in total. The summed E-state index contributed by atoms with van der Waals surface area (Å²) in [5.41, 5.74) is -4.35. The monoisotopic (exact) mass is 364 g/mol. The summed E-state index contributed by atoms with van der Waals surface area (Å²) in [6, 6.07) is 3.02. The third kappa shape index (κ3) is 3.34. The summed E-state index contributed by atoms with van der Waals surface area (Å²) in [7, 11) is 2.74. The van der Waals surface area contributed by atoms with Crippen molar-refractivity contribution in [3.63, 3.8) is 0 Å². The van der Waals surface area contributed by atoms with E-state index < -0.39 is 5.51 Å². The number of alkyl halides is 3. The first-order chi connectivity index (χ1) is 7.39. The van der Waals surface area contributed by atoms with E-state index in [0.717, 1.165) is 0 Å². The fourth-order valence-electron chi connectivity index (χ4n) is 1.05. The molecular formula is C9H8F3IO2S. The summed E-state index contributed by atoms with van der Waals surface area (Å²) >= 11 is 1.60. The van der Waals surface area contributed by atoms with Gasteiger partial charge >= 0.3 is 5.51 Å². The Hall–Kier alpha value is -0.310. The molecule has 0 aliphatic heterocycles. The lowest BCUT2D eigenvalue weighted by Gasteiger charge is -2.14. The highest BCUT2D eigenvalue weighted by atomic mass is 127. The van der Waals surface area contributed by atoms with Gasteiger partial charge in [0.05, 0.1) is 22.7 Å². The highest BCUT2D eigenvalue weighted by Gasteiger charge is 2.32. The molecular weight excluding hydrogens is 356 g/mol. The van der Waals surface area contributed by atoms with E-state index in [2.05, 4.69) is 0 Å². The zero-order chi connectivity index (χ0) is 12.3. The number of rotatable bonds is 3. The molecule has 0 saturated carbocycles. The summed E-state index contributed by atoms with van der Waals surface area (Å²) in [6.45, 7) is 0. The molecule has 0 aromatic heterocycles. The zero-order valence-corrected chi connectivity index (χ0v) is 11.4. The lowest BCUT2D eigenvalue weighted by molar-refractivity contribution is -0.0329. The molecule has 7 heteroatoms. The molecule has 2 nitrogen and oxygen atoms in total. The minimum absolute atomic E-state index is 0.0231. The quantitative estimate of drug-likeness (QED) is 0.599. The number of hydrogen-bond donors (Lipinski definition) is 0. The third-order valence-corrected chi connectivity index (χ3v) is 3.96. The van der Waals surface area contributed by atoms with Crippen LogP contribution in [0.25, 0.3) is 0 Å². The Bertz CT molecular complexity index is 382. The second-order valence-corrected chi connectivity index (χ2v) is 4.82. The van der Waals surface area contributed by atoms with Crippen molar-refractivity contribution >= 4 is 34.4 Å². The van der Waals surface area contributed by atoms with Crippen LogP contribution in [0.4, 0.5) is 13.2 Å². The van der Waals surface area contributed by atoms with Crippen LogP contribution >= 0.6 is 34.4 Å². The summed E-state index contributed by atoms with van der Waals surface area (Å²) in [4.78, 5) is 0.0231. The van der Waals surface area contributed by atoms with Crippen LogP contribution < -0.4 is 9.47 Å². The SMILES string of the molecule is COc1ccc(OC)c(SC(F)(F)F)c1I. The number of methoxy groups -OCH3 is 2. The fourth-order valence-corrected chi connectivity index (χ4v) is 2.72. The number of halogens is 4. The maximum atomic E-state index is 12.3. The van der Waals surface area contributed by atoms with Crippen molar-refractivity contribution in [2.75, 3.05) is 14.2 Å². The Morgan fingerprint density at radius 3 is 2.06 bits per heavy atom. The van der Waals surface area contributed by atoms with Gasteiger partial charge in [0.25, 0.3) is 0 Å². The van der Waals surface area contributed by atoms with E-state index in [-0.39, 0.29) is 22.4 Å². The topological polar surface area (TPSA) is 18.5 Å². The van der Waals surface area contributed by atoms with Crippen molar-refractivity contribution in [2.45, 2.75) is 10.4 Å². The van der Waals surface area contributed by atoms with Gasteiger partial charge in [-0.25, -0.2) is 0 Å². The van der Waals surface area contributed by atoms with E-state index in [1.165, 1.54) is 20.3 Å². The van der Waals surface area contributed by atoms with E-state index >= 15 is 0 Å². The molecule has 0 saturated heterocycles. The van der Waals surface area contributed by atoms with Crippen LogP contribution in [-0.2, 0) is 0 Å². The van der Waals surface area contributed by atoms with E-state index in [0.29, 0.717) is 9.32 Å². The molecule has 0 unspecified atom stereocenters. The van der Waals surface area contributed by atoms with Crippen LogP contribution in [0.3, 0.4) is 0 Å². The largest absolute Gasteiger partial charge is 0.496 e. The van der Waals surface area contributed by atoms with Crippen LogP contribution in [0, 0.1) is 3.57 Å². The maximum absolute atomic E-state index is 12.3. The average molecular weight is 364 g/mol. The van der Waals surface area contributed by atoms with Gasteiger partial charge in [-0.2, -0.15) is 13.2 Å². The Kier molecular flexibility index (Phi) is 4.60. The van der Waals surface area contributed by atoms with Crippen molar-refractivity contribution in [1.29, 1.82) is 0 Å². The van der Waals surface area contributed by atoms with Gasteiger partial charge in [0.15, 0.2) is 0 Å². The Morgan fingerprint density at radius 1 is 1.12 bits per heavy atom. The van der Waals surface area contributed by atoms with Gasteiger partial charge in [-0.1, -0.05) is 0 Å². The predicted octanol–water partition coefficient (Wildman–Crippen LogP) is 3.92. The second kappa shape index (κ2) is 5.35. The van der Waals surface area contributed by atoms with Crippen LogP contribution in [0.1, 0.15) is 0 Å². The smallest absolute Gasteiger partial charge is 0.446 e. The lowest BCUT2D eigenvalue weighted by Crippen LogP contribution is -2.02. The van der Waals surface area contributed by atoms with Crippen molar-refractivity contribution in [3.05, 3.63) is 15.7 Å². The van der Waals surface area contributed by atoms with Crippen molar-refractivity contribution in [2.24, 2.45) is 0 Å². The Morgan fingerprint density at radius 2 is 1.62 bits per heavy atom. The van der Waals surface area contributed by atoms with Crippen molar-refractivity contribution in [3.8, 4) is 11.5 Å². The van der Waals surface area contributed by atoms with E-state index in [1.54, 1.807) is 28.7 Å². The van der Waals surface area contributed by atoms with Gasteiger partial charge < -0.3 is 9.47 Å². The molecule has 0 atom stereocenters. The minimum Gasteiger partial charge on any atom is -0.496 e. The molecule has 1 aromatic carbocycles. The Labute approximate surface area is 109 Å². The summed E-state index contributed by atoms with van der Waals surface area (Å²) in [5.74, 6) is 0.584. The highest BCUT2D eigenvalue weighted by Crippen LogP contribution is 2.46. The van der Waals surface area contributed by atoms with Crippen LogP contribution in [0.5, 0.6) is 11.5 Å². The highest BCUT2D eigenvalue weighted by molar-refractivity contribution is 14.1. The molecule has 0 spiro atoms. The number of thioether (sulfide) groups is 1. The first kappa shape index (κ1) is 13.8. The average Bonchev–Trinajstić information content (AvgIpc) is 2.19. The molecule has 1 aromatic rings. The summed E-state index contributed by atoms with van der Waals surface area (Å²) in [5, 5.41) is 0. The fraction of sp³-hybridized carbons (Fsp3) is 0.333. The van der Waals surface area contributed by atoms with Gasteiger partial charge in [-0.15, -0.1) is 0 Å². The number of benzene rings is 1. The minimum atomic E-state index is -4.35. The molecule has 0 fully saturated rings. The molecule has 0 aliphatic carbocycles. The number of hydrogen-bond acceptors (Lipinski definition) is 3. The molecule has 0 bridgehead atoms. The van der Waals surface area contributed by atoms with E-state index in [4.69, 9.17) is 9.47 Å². The van der Waals surface area contributed by atoms with E-state index in [9.17, 15) is 13.2 Å². The molecule has 0 radical (unpaired) electrons. The lowest BCUT2D eigenvalue weighted by atomic mass is 10.3. The second-order valence-electron chi connectivity index (χ2n) is 2.66. The summed E-state index contributed by atoms with van der Waals surface area (Å²) in [6.07, 6.45) is 0. The molecule has 16 heavy (non-hydrogen) atoms. The van der Waals surface area contributed by atoms with Gasteiger partial charge in [-0.3, -0.25) is 0 Å². The van der Waals surface area contributed by atoms with Crippen molar-refractivity contribution < 1.29 is 22.6 Å². The van der Waals surface area contributed by atoms with Gasteiger partial charge in [0.2, 0.25) is 0 Å². The molecule has 0 amide bonds. The Balaban J connectivity index is 3.21. The first-order valence-electron chi connectivity index (χ1n) is 4.05. The molecule has 1 rings (SSSR count). The molecule has 0 heterocycles. The van der Waals surface area contributed by atoms with Crippen LogP contribution in [-0.4, -0.2) is 19.7 Å². The van der Waals surface area contributed by atoms with Gasteiger partial charge in [-0.05, 0) is 46.5 Å². The third-order valence-electron chi connectivity index (χ3n) is 1.68. The normalized spacial score (nSPS) is 11.4. The zero-order valence-electron chi connectivity index (χ0n) is 8.39. The number of ether oxygens (including phenoxy) is 2.